The number of rotatable bonds is 8. The fraction of sp³-hybridized carbons (Fsp3) is 0.235. The molecule has 0 aliphatic rings. The Labute approximate surface area is 165 Å². The third-order valence-corrected chi connectivity index (χ3v) is 3.70. The molecule has 12 heteroatoms. The van der Waals surface area contributed by atoms with Crippen LogP contribution in [-0.2, 0) is 4.74 Å². The molecule has 2 aromatic rings. The Balaban J connectivity index is 2.27. The first kappa shape index (κ1) is 21.2. The highest BCUT2D eigenvalue weighted by Gasteiger charge is 2.22. The van der Waals surface area contributed by atoms with E-state index in [4.69, 9.17) is 15.2 Å². The number of carbonyl (C=O) groups is 1. The Kier molecular flexibility index (Phi) is 7.12. The molecule has 5 N–H and O–H groups in total. The molecular weight excluding hydrogens is 384 g/mol. The zero-order valence-electron chi connectivity index (χ0n) is 15.7. The van der Waals surface area contributed by atoms with Crippen LogP contribution in [0.2, 0.25) is 0 Å². The summed E-state index contributed by atoms with van der Waals surface area (Å²) in [6.07, 6.45) is -0.782. The second-order valence-corrected chi connectivity index (χ2v) is 5.52. The molecule has 154 valence electrons. The van der Waals surface area contributed by atoms with Crippen molar-refractivity contribution in [2.45, 2.75) is 6.92 Å². The second kappa shape index (κ2) is 9.73. The van der Waals surface area contributed by atoms with Crippen molar-refractivity contribution in [3.8, 4) is 5.75 Å². The highest BCUT2D eigenvalue weighted by Crippen LogP contribution is 2.32. The Morgan fingerprint density at radius 3 is 2.62 bits per heavy atom. The molecule has 0 spiro atoms. The van der Waals surface area contributed by atoms with Gasteiger partial charge < -0.3 is 25.7 Å². The van der Waals surface area contributed by atoms with Gasteiger partial charge in [-0.05, 0) is 31.2 Å². The van der Waals surface area contributed by atoms with Crippen molar-refractivity contribution in [3.05, 3.63) is 46.0 Å². The van der Waals surface area contributed by atoms with Crippen LogP contribution in [0.15, 0.2) is 35.5 Å². The number of amides is 1. The summed E-state index contributed by atoms with van der Waals surface area (Å²) >= 11 is 0. The number of nitrogens with zero attached hydrogens (tertiary/aromatic N) is 3. The van der Waals surface area contributed by atoms with Crippen LogP contribution in [0.5, 0.6) is 5.75 Å². The first-order valence-corrected chi connectivity index (χ1v) is 8.37. The van der Waals surface area contributed by atoms with Gasteiger partial charge in [0, 0.05) is 11.6 Å². The molecule has 1 aromatic carbocycles. The van der Waals surface area contributed by atoms with Crippen molar-refractivity contribution >= 4 is 34.8 Å². The van der Waals surface area contributed by atoms with Gasteiger partial charge in [0.05, 0.1) is 25.2 Å². The summed E-state index contributed by atoms with van der Waals surface area (Å²) in [5.74, 6) is 0.172. The molecule has 0 fully saturated rings. The Morgan fingerprint density at radius 1 is 1.38 bits per heavy atom. The number of benzene rings is 1. The van der Waals surface area contributed by atoms with E-state index in [1.54, 1.807) is 31.2 Å². The summed E-state index contributed by atoms with van der Waals surface area (Å²) in [4.78, 5) is 26.0. The summed E-state index contributed by atoms with van der Waals surface area (Å²) in [7, 11) is 1.52. The fourth-order valence-corrected chi connectivity index (χ4v) is 2.38. The summed E-state index contributed by atoms with van der Waals surface area (Å²) in [5.41, 5.74) is 5.94. The maximum absolute atomic E-state index is 11.6. The van der Waals surface area contributed by atoms with E-state index >= 15 is 0 Å². The van der Waals surface area contributed by atoms with Crippen LogP contribution >= 0.6 is 0 Å². The van der Waals surface area contributed by atoms with E-state index in [-0.39, 0.29) is 30.4 Å². The molecule has 1 aromatic heterocycles. The number of nitrogens with two attached hydrogens (primary N) is 1. The molecular formula is C17H20N6O6. The zero-order chi connectivity index (χ0) is 21.4. The van der Waals surface area contributed by atoms with Crippen LogP contribution in [0, 0.1) is 10.1 Å². The first-order chi connectivity index (χ1) is 13.9. The third kappa shape index (κ3) is 5.45. The lowest BCUT2D eigenvalue weighted by atomic mass is 10.1. The van der Waals surface area contributed by atoms with E-state index in [0.717, 1.165) is 0 Å². The molecule has 0 aliphatic carbocycles. The molecule has 0 saturated carbocycles. The monoisotopic (exact) mass is 404 g/mol. The minimum atomic E-state index is -0.782. The van der Waals surface area contributed by atoms with E-state index in [1.807, 2.05) is 0 Å². The molecule has 0 aliphatic heterocycles. The lowest BCUT2D eigenvalue weighted by Crippen LogP contribution is -2.18. The molecule has 0 bridgehead atoms. The van der Waals surface area contributed by atoms with Gasteiger partial charge in [-0.15, -0.1) is 0 Å². The van der Waals surface area contributed by atoms with Crippen molar-refractivity contribution in [2.24, 2.45) is 5.16 Å². The molecule has 1 heterocycles. The largest absolute Gasteiger partial charge is 0.497 e. The van der Waals surface area contributed by atoms with Crippen molar-refractivity contribution in [1.82, 2.24) is 4.98 Å². The maximum atomic E-state index is 11.6. The number of methoxy groups -OCH3 is 1. The van der Waals surface area contributed by atoms with Gasteiger partial charge in [-0.2, -0.15) is 0 Å². The topological polar surface area (TPSA) is 174 Å². The summed E-state index contributed by atoms with van der Waals surface area (Å²) < 4.78 is 9.82. The normalized spacial score (nSPS) is 10.9. The number of nitrogen functional groups attached to an aromatic ring is 1. The molecule has 0 radical (unpaired) electrons. The second-order valence-electron chi connectivity index (χ2n) is 5.52. The SMILES string of the molecule is CCOC(=O)Nc1cc(NC/C(=N\O)c2ccc(OC)cc2)c([N+](=O)[O-])c(N)n1. The van der Waals surface area contributed by atoms with Crippen LogP contribution in [0.1, 0.15) is 12.5 Å². The van der Waals surface area contributed by atoms with Crippen LogP contribution in [0.3, 0.4) is 0 Å². The van der Waals surface area contributed by atoms with E-state index in [1.165, 1.54) is 13.2 Å². The lowest BCUT2D eigenvalue weighted by Gasteiger charge is -2.12. The third-order valence-electron chi connectivity index (χ3n) is 3.70. The van der Waals surface area contributed by atoms with Gasteiger partial charge >= 0.3 is 11.8 Å². The van der Waals surface area contributed by atoms with E-state index in [9.17, 15) is 20.1 Å². The molecule has 2 rings (SSSR count). The summed E-state index contributed by atoms with van der Waals surface area (Å²) in [6, 6.07) is 7.91. The van der Waals surface area contributed by atoms with Gasteiger partial charge in [-0.1, -0.05) is 5.16 Å². The number of ether oxygens (including phenoxy) is 2. The summed E-state index contributed by atoms with van der Waals surface area (Å²) in [5, 5.41) is 29.0. The Hall–Kier alpha value is -4.09. The molecule has 29 heavy (non-hydrogen) atoms. The number of oxime groups is 1. The number of hydrogen-bond acceptors (Lipinski definition) is 10. The van der Waals surface area contributed by atoms with Crippen LogP contribution in [0.25, 0.3) is 0 Å². The molecule has 1 amide bonds. The molecule has 0 saturated heterocycles. The summed E-state index contributed by atoms with van der Waals surface area (Å²) in [6.45, 7) is 1.68. The molecule has 0 unspecified atom stereocenters. The molecule has 12 nitrogen and oxygen atoms in total. The number of aromatic nitrogens is 1. The fourth-order valence-electron chi connectivity index (χ4n) is 2.38. The average molecular weight is 404 g/mol. The van der Waals surface area contributed by atoms with Crippen molar-refractivity contribution in [1.29, 1.82) is 0 Å². The van der Waals surface area contributed by atoms with Gasteiger partial charge in [-0.3, -0.25) is 15.4 Å². The van der Waals surface area contributed by atoms with Crippen molar-refractivity contribution in [3.63, 3.8) is 0 Å². The molecule has 0 atom stereocenters. The van der Waals surface area contributed by atoms with E-state index < -0.39 is 22.5 Å². The number of anilines is 3. The van der Waals surface area contributed by atoms with Gasteiger partial charge in [0.15, 0.2) is 0 Å². The Bertz CT molecular complexity index is 915. The van der Waals surface area contributed by atoms with Gasteiger partial charge in [0.1, 0.15) is 23.0 Å². The maximum Gasteiger partial charge on any atom is 0.412 e. The van der Waals surface area contributed by atoms with E-state index in [2.05, 4.69) is 20.8 Å². The number of pyridine rings is 1. The number of nitrogens with one attached hydrogen (secondary N) is 2. The smallest absolute Gasteiger partial charge is 0.412 e. The quantitative estimate of drug-likeness (QED) is 0.223. The first-order valence-electron chi connectivity index (χ1n) is 8.37. The highest BCUT2D eigenvalue weighted by atomic mass is 16.6. The van der Waals surface area contributed by atoms with Gasteiger partial charge in [0.2, 0.25) is 5.82 Å². The zero-order valence-corrected chi connectivity index (χ0v) is 15.7. The minimum Gasteiger partial charge on any atom is -0.497 e. The van der Waals surface area contributed by atoms with Gasteiger partial charge in [0.25, 0.3) is 0 Å². The van der Waals surface area contributed by atoms with E-state index in [0.29, 0.717) is 11.3 Å². The van der Waals surface area contributed by atoms with Crippen molar-refractivity contribution < 1.29 is 24.4 Å². The Morgan fingerprint density at radius 2 is 2.07 bits per heavy atom. The average Bonchev–Trinajstić information content (AvgIpc) is 2.68. The van der Waals surface area contributed by atoms with Crippen molar-refractivity contribution in [2.75, 3.05) is 36.6 Å². The number of nitro groups is 1. The predicted molar refractivity (Wildman–Crippen MR) is 106 cm³/mol. The predicted octanol–water partition coefficient (Wildman–Crippen LogP) is 2.44. The standard InChI is InChI=1S/C17H20N6O6/c1-3-29-17(24)21-14-8-12(15(23(26)27)16(18)20-14)19-9-13(22-25)10-4-6-11(28-2)7-5-10/h4-8,25H,3,9H2,1-2H3,(H4,18,19,20,21,24)/b22-13+. The van der Waals surface area contributed by atoms with Crippen LogP contribution < -0.4 is 21.1 Å². The van der Waals surface area contributed by atoms with Gasteiger partial charge in [-0.25, -0.2) is 9.78 Å². The highest BCUT2D eigenvalue weighted by molar-refractivity contribution is 6.03. The lowest BCUT2D eigenvalue weighted by molar-refractivity contribution is -0.383. The van der Waals surface area contributed by atoms with Crippen LogP contribution in [0.4, 0.5) is 27.8 Å². The van der Waals surface area contributed by atoms with Crippen LogP contribution in [-0.4, -0.2) is 47.2 Å². The number of hydrogen-bond donors (Lipinski definition) is 4. The minimum absolute atomic E-state index is 0.0241. The number of carbonyl (C=O) groups excluding carboxylic acids is 1.